The maximum absolute atomic E-state index is 12.7. The van der Waals surface area contributed by atoms with Crippen molar-refractivity contribution < 1.29 is 32.8 Å². The number of aliphatic hydroxyl groups is 1. The maximum atomic E-state index is 12.7. The first-order chi connectivity index (χ1) is 12.8. The minimum atomic E-state index is -4.09. The van der Waals surface area contributed by atoms with Gasteiger partial charge in [-0.1, -0.05) is 0 Å². The van der Waals surface area contributed by atoms with E-state index in [1.54, 1.807) is 0 Å². The highest BCUT2D eigenvalue weighted by molar-refractivity contribution is 7.48. The second-order valence-corrected chi connectivity index (χ2v) is 8.01. The number of anilines is 1. The van der Waals surface area contributed by atoms with E-state index in [-0.39, 0.29) is 34.7 Å². The number of rotatable bonds is 4. The fraction of sp³-hybridized carbons (Fsp3) is 0.538. The summed E-state index contributed by atoms with van der Waals surface area (Å²) in [7, 11) is -4.09. The molecule has 3 N–H and O–H groups in total. The zero-order chi connectivity index (χ0) is 19.3. The highest BCUT2D eigenvalue weighted by Gasteiger charge is 2.53. The molecule has 0 aliphatic carbocycles. The third kappa shape index (κ3) is 3.34. The molecule has 14 heteroatoms. The Kier molecular flexibility index (Phi) is 4.67. The number of aromatic nitrogens is 4. The lowest BCUT2D eigenvalue weighted by Crippen LogP contribution is -2.32. The summed E-state index contributed by atoms with van der Waals surface area (Å²) in [6, 6.07) is 0. The number of aliphatic hydroxyl groups excluding tert-OH is 1. The van der Waals surface area contributed by atoms with Crippen LogP contribution in [0.3, 0.4) is 0 Å². The van der Waals surface area contributed by atoms with Crippen molar-refractivity contribution in [2.45, 2.75) is 31.5 Å². The third-order valence-electron chi connectivity index (χ3n) is 4.08. The summed E-state index contributed by atoms with van der Waals surface area (Å²) in [6.07, 6.45) is -2.74. The van der Waals surface area contributed by atoms with Crippen molar-refractivity contribution in [3.8, 4) is 0 Å². The molecule has 2 aromatic rings. The van der Waals surface area contributed by atoms with Gasteiger partial charge in [-0.25, -0.2) is 9.55 Å². The summed E-state index contributed by atoms with van der Waals surface area (Å²) < 4.78 is 35.5. The van der Waals surface area contributed by atoms with Gasteiger partial charge in [-0.3, -0.25) is 22.9 Å². The molecule has 2 fully saturated rings. The van der Waals surface area contributed by atoms with Gasteiger partial charge in [-0.05, 0) is 18.5 Å². The third-order valence-corrected chi connectivity index (χ3v) is 5.66. The number of carbonyl (C=O) groups is 1. The molecular weight excluding hydrogens is 405 g/mol. The lowest BCUT2D eigenvalue weighted by molar-refractivity contribution is -0.120. The van der Waals surface area contributed by atoms with Crippen LogP contribution in [0.15, 0.2) is 6.33 Å². The molecule has 2 aliphatic heterocycles. The number of phosphoric ester groups is 1. The van der Waals surface area contributed by atoms with Gasteiger partial charge in [-0.15, -0.1) is 0 Å². The molecule has 146 valence electrons. The molecule has 2 aromatic heterocycles. The van der Waals surface area contributed by atoms with Crippen molar-refractivity contribution >= 4 is 42.2 Å². The van der Waals surface area contributed by atoms with Gasteiger partial charge in [0.1, 0.15) is 30.4 Å². The van der Waals surface area contributed by atoms with E-state index in [2.05, 4.69) is 15.0 Å². The molecular formula is C13H15ClN5O7P. The minimum Gasteiger partial charge on any atom is -0.387 e. The molecule has 0 saturated carbocycles. The second-order valence-electron chi connectivity index (χ2n) is 6.05. The van der Waals surface area contributed by atoms with Crippen LogP contribution in [-0.4, -0.2) is 61.9 Å². The number of ether oxygens (including phenoxy) is 1. The average Bonchev–Trinajstić information content (AvgIpc) is 3.09. The van der Waals surface area contributed by atoms with Gasteiger partial charge >= 0.3 is 7.82 Å². The molecule has 2 unspecified atom stereocenters. The summed E-state index contributed by atoms with van der Waals surface area (Å²) in [5, 5.41) is 10.4. The first-order valence-electron chi connectivity index (χ1n) is 7.83. The first-order valence-corrected chi connectivity index (χ1v) is 9.67. The number of hydrogen-bond donors (Lipinski definition) is 2. The molecule has 4 heterocycles. The lowest BCUT2D eigenvalue weighted by atomic mass is 10.1. The van der Waals surface area contributed by atoms with Crippen molar-refractivity contribution in [2.75, 3.05) is 18.9 Å². The smallest absolute Gasteiger partial charge is 0.387 e. The van der Waals surface area contributed by atoms with Crippen LogP contribution in [0.4, 0.5) is 5.82 Å². The molecule has 12 nitrogen and oxygen atoms in total. The van der Waals surface area contributed by atoms with Crippen LogP contribution in [0.2, 0.25) is 5.28 Å². The van der Waals surface area contributed by atoms with Crippen LogP contribution in [-0.2, 0) is 27.7 Å². The summed E-state index contributed by atoms with van der Waals surface area (Å²) in [5.74, 6) is -0.287. The zero-order valence-corrected chi connectivity index (χ0v) is 15.5. The van der Waals surface area contributed by atoms with Gasteiger partial charge < -0.3 is 15.6 Å². The molecule has 4 rings (SSSR count). The number of nitrogen functional groups attached to an aromatic ring is 1. The van der Waals surface area contributed by atoms with E-state index in [4.69, 9.17) is 35.6 Å². The zero-order valence-electron chi connectivity index (χ0n) is 13.9. The molecule has 5 atom stereocenters. The number of carbonyl (C=O) groups excluding carboxylic acids is 1. The van der Waals surface area contributed by atoms with Gasteiger partial charge in [0.2, 0.25) is 5.28 Å². The van der Waals surface area contributed by atoms with E-state index in [0.717, 1.165) is 0 Å². The number of hydrogen-bond acceptors (Lipinski definition) is 11. The Bertz CT molecular complexity index is 955. The van der Waals surface area contributed by atoms with Gasteiger partial charge in [0.15, 0.2) is 23.5 Å². The topological polar surface area (TPSA) is 161 Å². The Morgan fingerprint density at radius 3 is 3.07 bits per heavy atom. The van der Waals surface area contributed by atoms with Crippen LogP contribution in [0, 0.1) is 0 Å². The lowest BCUT2D eigenvalue weighted by Gasteiger charge is -2.26. The molecule has 0 spiro atoms. The highest BCUT2D eigenvalue weighted by atomic mass is 35.5. The minimum absolute atomic E-state index is 0.0715. The van der Waals surface area contributed by atoms with E-state index in [1.165, 1.54) is 17.8 Å². The predicted molar refractivity (Wildman–Crippen MR) is 89.7 cm³/mol. The number of halogens is 1. The Morgan fingerprint density at radius 2 is 2.33 bits per heavy atom. The second kappa shape index (κ2) is 6.74. The molecule has 2 bridgehead atoms. The van der Waals surface area contributed by atoms with E-state index in [1.807, 2.05) is 0 Å². The van der Waals surface area contributed by atoms with E-state index >= 15 is 0 Å². The van der Waals surface area contributed by atoms with Crippen LogP contribution >= 0.6 is 19.4 Å². The molecule has 0 radical (unpaired) electrons. The quantitative estimate of drug-likeness (QED) is 0.522. The fourth-order valence-corrected chi connectivity index (χ4v) is 4.44. The standard InChI is InChI=1S/C13H15ClN5O7P/c1-5(20)2-23-27(22)24-3-6-8(21)9(26-27)12(25-6)19-4-16-7-10(15)17-13(14)18-11(7)19/h4,6,8-9,12,21H,2-3H2,1H3,(H2,15,17,18)/t6-,8+,9?,12-,27?/m1/s1. The van der Waals surface area contributed by atoms with Gasteiger partial charge in [0, 0.05) is 0 Å². The number of fused-ring (bicyclic) bond motifs is 3. The van der Waals surface area contributed by atoms with Crippen LogP contribution < -0.4 is 5.73 Å². The number of phosphoric acid groups is 1. The van der Waals surface area contributed by atoms with Crippen molar-refractivity contribution in [3.63, 3.8) is 0 Å². The molecule has 27 heavy (non-hydrogen) atoms. The predicted octanol–water partition coefficient (Wildman–Crippen LogP) is 0.449. The normalized spacial score (nSPS) is 33.3. The molecule has 2 aliphatic rings. The Labute approximate surface area is 157 Å². The van der Waals surface area contributed by atoms with Crippen molar-refractivity contribution in [1.29, 1.82) is 0 Å². The number of imidazole rings is 1. The molecule has 0 amide bonds. The maximum Gasteiger partial charge on any atom is 0.475 e. The van der Waals surface area contributed by atoms with Gasteiger partial charge in [-0.2, -0.15) is 9.97 Å². The summed E-state index contributed by atoms with van der Waals surface area (Å²) in [4.78, 5) is 23.1. The van der Waals surface area contributed by atoms with Crippen molar-refractivity contribution in [3.05, 3.63) is 11.6 Å². The van der Waals surface area contributed by atoms with Crippen LogP contribution in [0.25, 0.3) is 11.2 Å². The highest BCUT2D eigenvalue weighted by Crippen LogP contribution is 2.56. The van der Waals surface area contributed by atoms with E-state index < -0.39 is 39.0 Å². The van der Waals surface area contributed by atoms with Crippen molar-refractivity contribution in [1.82, 2.24) is 19.5 Å². The number of ketones is 1. The average molecular weight is 420 g/mol. The first kappa shape index (κ1) is 18.7. The van der Waals surface area contributed by atoms with Gasteiger partial charge in [0.25, 0.3) is 0 Å². The Morgan fingerprint density at radius 1 is 1.56 bits per heavy atom. The largest absolute Gasteiger partial charge is 0.475 e. The Hall–Kier alpha value is -1.66. The fourth-order valence-electron chi connectivity index (χ4n) is 2.87. The van der Waals surface area contributed by atoms with E-state index in [0.29, 0.717) is 0 Å². The molecule has 0 aromatic carbocycles. The summed E-state index contributed by atoms with van der Waals surface area (Å²) in [5.41, 5.74) is 6.32. The monoisotopic (exact) mass is 419 g/mol. The summed E-state index contributed by atoms with van der Waals surface area (Å²) in [6.45, 7) is 0.555. The number of nitrogens with zero attached hydrogens (tertiary/aromatic N) is 4. The van der Waals surface area contributed by atoms with Gasteiger partial charge in [0.05, 0.1) is 12.9 Å². The Balaban J connectivity index is 1.69. The number of nitrogens with two attached hydrogens (primary N) is 1. The molecule has 2 saturated heterocycles. The van der Waals surface area contributed by atoms with Crippen LogP contribution in [0.1, 0.15) is 13.2 Å². The SMILES string of the molecule is CC(=O)COP1(=O)OC[C@H]2O[C@@H](n3cnc4c(N)nc(Cl)nc43)C(O1)[C@H]2O. The van der Waals surface area contributed by atoms with E-state index in [9.17, 15) is 14.5 Å². The number of Topliss-reactive ketones (excluding diaryl/α,β-unsaturated/α-hetero) is 1. The van der Waals surface area contributed by atoms with Crippen LogP contribution in [0.5, 0.6) is 0 Å². The summed E-state index contributed by atoms with van der Waals surface area (Å²) >= 11 is 5.86. The van der Waals surface area contributed by atoms with Crippen molar-refractivity contribution in [2.24, 2.45) is 0 Å².